The van der Waals surface area contributed by atoms with Gasteiger partial charge in [-0.2, -0.15) is 0 Å². The SMILES string of the molecule is Cn1cc2c3c(cccc31)[C@H]1CCC[C@H](C1=O)C2(C)C. The fourth-order valence-corrected chi connectivity index (χ4v) is 4.52. The van der Waals surface area contributed by atoms with Crippen molar-refractivity contribution in [3.05, 3.63) is 35.5 Å². The first kappa shape index (κ1) is 12.2. The van der Waals surface area contributed by atoms with Gasteiger partial charge in [-0.1, -0.05) is 32.4 Å². The Morgan fingerprint density at radius 3 is 2.85 bits per heavy atom. The predicted octanol–water partition coefficient (Wildman–Crippen LogP) is 3.92. The van der Waals surface area contributed by atoms with E-state index in [0.717, 1.165) is 12.8 Å². The Balaban J connectivity index is 2.16. The summed E-state index contributed by atoms with van der Waals surface area (Å²) in [6.45, 7) is 4.52. The van der Waals surface area contributed by atoms with Crippen molar-refractivity contribution < 1.29 is 4.79 Å². The molecule has 2 nitrogen and oxygen atoms in total. The van der Waals surface area contributed by atoms with Crippen LogP contribution < -0.4 is 0 Å². The topological polar surface area (TPSA) is 22.0 Å². The number of Topliss-reactive ketones (excluding diaryl/α,β-unsaturated/α-hetero) is 1. The molecule has 2 aliphatic rings. The van der Waals surface area contributed by atoms with Crippen LogP contribution in [-0.4, -0.2) is 10.4 Å². The van der Waals surface area contributed by atoms with Crippen molar-refractivity contribution in [3.63, 3.8) is 0 Å². The molecule has 2 aromatic rings. The molecule has 1 saturated carbocycles. The number of nitrogens with zero attached hydrogens (tertiary/aromatic N) is 1. The molecule has 0 unspecified atom stereocenters. The van der Waals surface area contributed by atoms with Crippen molar-refractivity contribution in [1.29, 1.82) is 0 Å². The zero-order valence-corrected chi connectivity index (χ0v) is 12.4. The molecule has 0 amide bonds. The first-order valence-corrected chi connectivity index (χ1v) is 7.64. The van der Waals surface area contributed by atoms with Crippen molar-refractivity contribution in [2.75, 3.05) is 0 Å². The third kappa shape index (κ3) is 1.32. The van der Waals surface area contributed by atoms with E-state index in [-0.39, 0.29) is 17.3 Å². The summed E-state index contributed by atoms with van der Waals surface area (Å²) in [5, 5.41) is 1.35. The summed E-state index contributed by atoms with van der Waals surface area (Å²) in [5.74, 6) is 0.784. The average Bonchev–Trinajstić information content (AvgIpc) is 2.76. The molecule has 2 bridgehead atoms. The smallest absolute Gasteiger partial charge is 0.144 e. The Bertz CT molecular complexity index is 722. The summed E-state index contributed by atoms with van der Waals surface area (Å²) in [7, 11) is 2.12. The third-order valence-electron chi connectivity index (χ3n) is 5.66. The molecule has 1 heterocycles. The van der Waals surface area contributed by atoms with Gasteiger partial charge in [0.2, 0.25) is 0 Å². The van der Waals surface area contributed by atoms with Crippen molar-refractivity contribution in [2.45, 2.75) is 44.4 Å². The minimum Gasteiger partial charge on any atom is -0.350 e. The normalized spacial score (nSPS) is 27.6. The highest BCUT2D eigenvalue weighted by Gasteiger charge is 2.46. The Morgan fingerprint density at radius 2 is 2.05 bits per heavy atom. The number of hydrogen-bond donors (Lipinski definition) is 0. The van der Waals surface area contributed by atoms with Crippen molar-refractivity contribution in [2.24, 2.45) is 13.0 Å². The molecule has 4 rings (SSSR count). The van der Waals surface area contributed by atoms with E-state index in [4.69, 9.17) is 0 Å². The van der Waals surface area contributed by atoms with Gasteiger partial charge >= 0.3 is 0 Å². The van der Waals surface area contributed by atoms with Crippen LogP contribution in [-0.2, 0) is 17.3 Å². The molecule has 0 spiro atoms. The molecule has 0 radical (unpaired) electrons. The van der Waals surface area contributed by atoms with E-state index in [2.05, 4.69) is 49.9 Å². The van der Waals surface area contributed by atoms with E-state index >= 15 is 0 Å². The van der Waals surface area contributed by atoms with Gasteiger partial charge in [0.1, 0.15) is 5.78 Å². The van der Waals surface area contributed by atoms with Crippen LogP contribution in [0.15, 0.2) is 24.4 Å². The Kier molecular flexibility index (Phi) is 2.28. The lowest BCUT2D eigenvalue weighted by atomic mass is 9.66. The largest absolute Gasteiger partial charge is 0.350 e. The van der Waals surface area contributed by atoms with E-state index in [9.17, 15) is 4.79 Å². The van der Waals surface area contributed by atoms with Crippen LogP contribution in [0.1, 0.15) is 50.2 Å². The summed E-state index contributed by atoms with van der Waals surface area (Å²) in [5.41, 5.74) is 3.86. The van der Waals surface area contributed by atoms with E-state index in [0.29, 0.717) is 5.78 Å². The highest BCUT2D eigenvalue weighted by Crippen LogP contribution is 2.50. The molecule has 2 atom stereocenters. The molecule has 1 aromatic carbocycles. The lowest BCUT2D eigenvalue weighted by Crippen LogP contribution is -2.38. The molecular weight excluding hydrogens is 246 g/mol. The Labute approximate surface area is 119 Å². The Morgan fingerprint density at radius 1 is 1.25 bits per heavy atom. The van der Waals surface area contributed by atoms with Gasteiger partial charge in [-0.15, -0.1) is 0 Å². The van der Waals surface area contributed by atoms with E-state index < -0.39 is 0 Å². The summed E-state index contributed by atoms with van der Waals surface area (Å²) in [6, 6.07) is 6.47. The second-order valence-corrected chi connectivity index (χ2v) is 7.06. The highest BCUT2D eigenvalue weighted by atomic mass is 16.1. The second kappa shape index (κ2) is 3.75. The lowest BCUT2D eigenvalue weighted by Gasteiger charge is -2.36. The molecule has 0 aliphatic heterocycles. The number of hydrogen-bond acceptors (Lipinski definition) is 1. The average molecular weight is 267 g/mol. The number of fused-ring (bicyclic) bond motifs is 3. The maximum atomic E-state index is 12.9. The summed E-state index contributed by atoms with van der Waals surface area (Å²) >= 11 is 0. The van der Waals surface area contributed by atoms with Gasteiger partial charge in [-0.05, 0) is 30.0 Å². The van der Waals surface area contributed by atoms with Gasteiger partial charge in [-0.3, -0.25) is 4.79 Å². The lowest BCUT2D eigenvalue weighted by molar-refractivity contribution is -0.128. The molecular formula is C18H21NO. The fourth-order valence-electron chi connectivity index (χ4n) is 4.52. The highest BCUT2D eigenvalue weighted by molar-refractivity contribution is 6.00. The first-order valence-electron chi connectivity index (χ1n) is 7.64. The van der Waals surface area contributed by atoms with Crippen LogP contribution in [0.3, 0.4) is 0 Å². The number of carbonyl (C=O) groups excluding carboxylic acids is 1. The van der Waals surface area contributed by atoms with Crippen molar-refractivity contribution >= 4 is 16.7 Å². The van der Waals surface area contributed by atoms with Gasteiger partial charge in [0, 0.05) is 41.4 Å². The minimum atomic E-state index is -0.0537. The zero-order chi connectivity index (χ0) is 14.1. The van der Waals surface area contributed by atoms with E-state index in [1.54, 1.807) is 0 Å². The minimum absolute atomic E-state index is 0.0537. The molecule has 0 N–H and O–H groups in total. The maximum Gasteiger partial charge on any atom is 0.144 e. The van der Waals surface area contributed by atoms with Gasteiger partial charge in [0.05, 0.1) is 0 Å². The zero-order valence-electron chi connectivity index (χ0n) is 12.4. The standard InChI is InChI=1S/C18H21NO/c1-18(2)13-8-4-7-12(17(13)20)11-6-5-9-15-16(11)14(18)10-19(15)3/h5-6,9-10,12-13H,4,7-8H2,1-3H3/t12-,13-/m1/s1. The van der Waals surface area contributed by atoms with Crippen molar-refractivity contribution in [3.8, 4) is 0 Å². The van der Waals surface area contributed by atoms with E-state index in [1.165, 1.54) is 28.5 Å². The fraction of sp³-hybridized carbons (Fsp3) is 0.500. The monoisotopic (exact) mass is 267 g/mol. The van der Waals surface area contributed by atoms with Gasteiger partial charge in [0.15, 0.2) is 0 Å². The third-order valence-corrected chi connectivity index (χ3v) is 5.66. The second-order valence-electron chi connectivity index (χ2n) is 7.06. The number of aromatic nitrogens is 1. The van der Waals surface area contributed by atoms with Gasteiger partial charge in [-0.25, -0.2) is 0 Å². The number of rotatable bonds is 0. The number of ketones is 1. The van der Waals surface area contributed by atoms with Crippen LogP contribution in [0.5, 0.6) is 0 Å². The van der Waals surface area contributed by atoms with Crippen molar-refractivity contribution in [1.82, 2.24) is 4.57 Å². The molecule has 104 valence electrons. The van der Waals surface area contributed by atoms with Crippen LogP contribution >= 0.6 is 0 Å². The molecule has 1 fully saturated rings. The van der Waals surface area contributed by atoms with Crippen LogP contribution in [0.25, 0.3) is 10.9 Å². The number of aryl methyl sites for hydroxylation is 1. The molecule has 2 aliphatic carbocycles. The molecule has 2 heteroatoms. The summed E-state index contributed by atoms with van der Waals surface area (Å²) in [6.07, 6.45) is 5.50. The predicted molar refractivity (Wildman–Crippen MR) is 81.0 cm³/mol. The van der Waals surface area contributed by atoms with Gasteiger partial charge < -0.3 is 4.57 Å². The van der Waals surface area contributed by atoms with Crippen LogP contribution in [0, 0.1) is 5.92 Å². The van der Waals surface area contributed by atoms with Crippen LogP contribution in [0.2, 0.25) is 0 Å². The quantitative estimate of drug-likeness (QED) is 0.709. The van der Waals surface area contributed by atoms with E-state index in [1.807, 2.05) is 0 Å². The maximum absolute atomic E-state index is 12.9. The first-order chi connectivity index (χ1) is 9.51. The number of benzene rings is 1. The summed E-state index contributed by atoms with van der Waals surface area (Å²) in [4.78, 5) is 12.9. The molecule has 0 saturated heterocycles. The molecule has 20 heavy (non-hydrogen) atoms. The number of carbonyl (C=O) groups is 1. The van der Waals surface area contributed by atoms with Gasteiger partial charge in [0.25, 0.3) is 0 Å². The Hall–Kier alpha value is -1.57. The summed E-state index contributed by atoms with van der Waals surface area (Å²) < 4.78 is 2.22. The molecule has 1 aromatic heterocycles. The van der Waals surface area contributed by atoms with Crippen LogP contribution in [0.4, 0.5) is 0 Å².